The second kappa shape index (κ2) is 4.92. The van der Waals surface area contributed by atoms with Crippen LogP contribution < -0.4 is 0 Å². The summed E-state index contributed by atoms with van der Waals surface area (Å²) < 4.78 is 10.6. The lowest BCUT2D eigenvalue weighted by Gasteiger charge is -1.94. The number of pyridine rings is 1. The Balaban J connectivity index is 1.81. The molecule has 0 aliphatic heterocycles. The number of rotatable bonds is 3. The third-order valence-corrected chi connectivity index (χ3v) is 3.30. The van der Waals surface area contributed by atoms with Crippen LogP contribution in [0, 0.1) is 0 Å². The highest BCUT2D eigenvalue weighted by Gasteiger charge is 2.11. The molecule has 0 spiro atoms. The first-order valence-electron chi connectivity index (χ1n) is 6.55. The molecule has 0 fully saturated rings. The van der Waals surface area contributed by atoms with Crippen LogP contribution in [0.5, 0.6) is 0 Å². The maximum atomic E-state index is 10.8. The molecule has 22 heavy (non-hydrogen) atoms. The number of fused-ring (bicyclic) bond motifs is 1. The van der Waals surface area contributed by atoms with Gasteiger partial charge in [0.2, 0.25) is 5.89 Å². The Bertz CT molecular complexity index is 958. The fourth-order valence-electron chi connectivity index (χ4n) is 2.22. The fourth-order valence-corrected chi connectivity index (χ4v) is 2.22. The molecule has 0 saturated carbocycles. The number of benzene rings is 1. The summed E-state index contributed by atoms with van der Waals surface area (Å²) in [6.45, 7) is 0. The minimum atomic E-state index is 0.338. The Morgan fingerprint density at radius 3 is 2.82 bits per heavy atom. The van der Waals surface area contributed by atoms with Gasteiger partial charge in [-0.2, -0.15) is 0 Å². The molecule has 4 aromatic rings. The maximum absolute atomic E-state index is 10.8. The molecule has 6 nitrogen and oxygen atoms in total. The van der Waals surface area contributed by atoms with Crippen LogP contribution in [0.3, 0.4) is 0 Å². The number of hydrogen-bond acceptors (Lipinski definition) is 6. The van der Waals surface area contributed by atoms with Crippen LogP contribution in [0.1, 0.15) is 10.5 Å². The molecule has 0 N–H and O–H groups in total. The number of carbonyl (C=O) groups excluding carboxylic acids is 1. The lowest BCUT2D eigenvalue weighted by atomic mass is 10.1. The number of carbonyl (C=O) groups is 1. The first-order valence-corrected chi connectivity index (χ1v) is 6.55. The molecule has 3 heterocycles. The van der Waals surface area contributed by atoms with Crippen molar-refractivity contribution in [2.24, 2.45) is 0 Å². The third kappa shape index (κ3) is 2.07. The number of oxazole rings is 1. The van der Waals surface area contributed by atoms with Gasteiger partial charge in [0.1, 0.15) is 17.5 Å². The van der Waals surface area contributed by atoms with Crippen LogP contribution in [0.15, 0.2) is 57.9 Å². The summed E-state index contributed by atoms with van der Waals surface area (Å²) in [5.41, 5.74) is 4.25. The predicted octanol–water partition coefficient (Wildman–Crippen LogP) is 3.36. The van der Waals surface area contributed by atoms with Gasteiger partial charge in [-0.15, -0.1) is 0 Å². The Hall–Kier alpha value is -3.28. The van der Waals surface area contributed by atoms with Crippen molar-refractivity contribution in [3.63, 3.8) is 0 Å². The Morgan fingerprint density at radius 2 is 2.00 bits per heavy atom. The largest absolute Gasteiger partial charge is 0.436 e. The van der Waals surface area contributed by atoms with Gasteiger partial charge in [0.05, 0.1) is 6.20 Å². The van der Waals surface area contributed by atoms with Gasteiger partial charge in [0.25, 0.3) is 0 Å². The zero-order valence-electron chi connectivity index (χ0n) is 11.3. The number of nitrogens with zero attached hydrogens (tertiary/aromatic N) is 3. The van der Waals surface area contributed by atoms with Gasteiger partial charge in [0.15, 0.2) is 11.9 Å². The van der Waals surface area contributed by atoms with Crippen molar-refractivity contribution in [1.29, 1.82) is 0 Å². The van der Waals surface area contributed by atoms with Crippen molar-refractivity contribution >= 4 is 17.4 Å². The SMILES string of the molecule is O=Cc1cc(-c2nc3cc(-c4cnoc4)ccc3o2)ccn1. The van der Waals surface area contributed by atoms with Crippen molar-refractivity contribution in [2.75, 3.05) is 0 Å². The molecule has 3 aromatic heterocycles. The quantitative estimate of drug-likeness (QED) is 0.538. The van der Waals surface area contributed by atoms with E-state index in [1.165, 1.54) is 0 Å². The van der Waals surface area contributed by atoms with E-state index in [9.17, 15) is 4.79 Å². The highest BCUT2D eigenvalue weighted by atomic mass is 16.5. The molecule has 0 radical (unpaired) electrons. The normalized spacial score (nSPS) is 10.9. The maximum Gasteiger partial charge on any atom is 0.227 e. The van der Waals surface area contributed by atoms with Crippen LogP contribution in [-0.4, -0.2) is 21.4 Å². The summed E-state index contributed by atoms with van der Waals surface area (Å²) >= 11 is 0. The molecule has 4 rings (SSSR count). The van der Waals surface area contributed by atoms with Gasteiger partial charge in [-0.1, -0.05) is 11.2 Å². The van der Waals surface area contributed by atoms with Gasteiger partial charge in [0, 0.05) is 17.3 Å². The molecule has 0 saturated heterocycles. The van der Waals surface area contributed by atoms with Crippen molar-refractivity contribution < 1.29 is 13.7 Å². The van der Waals surface area contributed by atoms with E-state index in [1.54, 1.807) is 30.8 Å². The summed E-state index contributed by atoms with van der Waals surface area (Å²) in [5.74, 6) is 0.447. The minimum Gasteiger partial charge on any atom is -0.436 e. The second-order valence-electron chi connectivity index (χ2n) is 4.70. The molecule has 0 unspecified atom stereocenters. The average Bonchev–Trinajstić information content (AvgIpc) is 3.23. The van der Waals surface area contributed by atoms with Gasteiger partial charge >= 0.3 is 0 Å². The van der Waals surface area contributed by atoms with E-state index < -0.39 is 0 Å². The molecule has 0 aliphatic rings. The standard InChI is InChI=1S/C16H9N3O3/c20-8-13-5-11(3-4-17-13)16-19-14-6-10(1-2-15(14)22-16)12-7-18-21-9-12/h1-9H. The van der Waals surface area contributed by atoms with E-state index in [0.29, 0.717) is 29.0 Å². The molecule has 106 valence electrons. The summed E-state index contributed by atoms with van der Waals surface area (Å²) in [4.78, 5) is 19.2. The van der Waals surface area contributed by atoms with E-state index in [1.807, 2.05) is 18.2 Å². The lowest BCUT2D eigenvalue weighted by Crippen LogP contribution is -1.86. The molecular weight excluding hydrogens is 282 g/mol. The van der Waals surface area contributed by atoms with Gasteiger partial charge < -0.3 is 8.94 Å². The summed E-state index contributed by atoms with van der Waals surface area (Å²) in [6, 6.07) is 9.04. The summed E-state index contributed by atoms with van der Waals surface area (Å²) in [5, 5.41) is 3.69. The molecular formula is C16H9N3O3. The third-order valence-electron chi connectivity index (χ3n) is 3.30. The van der Waals surface area contributed by atoms with Crippen molar-refractivity contribution in [1.82, 2.24) is 15.1 Å². The first-order chi connectivity index (χ1) is 10.8. The summed E-state index contributed by atoms with van der Waals surface area (Å²) in [7, 11) is 0. The summed E-state index contributed by atoms with van der Waals surface area (Å²) in [6.07, 6.45) is 5.45. The monoisotopic (exact) mass is 291 g/mol. The average molecular weight is 291 g/mol. The molecule has 0 aliphatic carbocycles. The van der Waals surface area contributed by atoms with Crippen molar-refractivity contribution in [3.05, 3.63) is 54.7 Å². The zero-order chi connectivity index (χ0) is 14.9. The Morgan fingerprint density at radius 1 is 1.05 bits per heavy atom. The van der Waals surface area contributed by atoms with Crippen molar-refractivity contribution in [2.45, 2.75) is 0 Å². The van der Waals surface area contributed by atoms with Crippen LogP contribution in [0.2, 0.25) is 0 Å². The molecule has 1 aromatic carbocycles. The Labute approximate surface area is 124 Å². The van der Waals surface area contributed by atoms with E-state index in [-0.39, 0.29) is 0 Å². The Kier molecular flexibility index (Phi) is 2.79. The first kappa shape index (κ1) is 12.5. The highest BCUT2D eigenvalue weighted by molar-refractivity contribution is 5.82. The van der Waals surface area contributed by atoms with Crippen LogP contribution in [0.4, 0.5) is 0 Å². The van der Waals surface area contributed by atoms with Crippen LogP contribution in [-0.2, 0) is 0 Å². The number of hydrogen-bond donors (Lipinski definition) is 0. The van der Waals surface area contributed by atoms with E-state index >= 15 is 0 Å². The van der Waals surface area contributed by atoms with Gasteiger partial charge in [-0.05, 0) is 29.8 Å². The number of aldehydes is 1. The minimum absolute atomic E-state index is 0.338. The van der Waals surface area contributed by atoms with E-state index in [0.717, 1.165) is 16.6 Å². The molecule has 6 heteroatoms. The molecule has 0 amide bonds. The fraction of sp³-hybridized carbons (Fsp3) is 0. The second-order valence-corrected chi connectivity index (χ2v) is 4.70. The topological polar surface area (TPSA) is 82.0 Å². The smallest absolute Gasteiger partial charge is 0.227 e. The van der Waals surface area contributed by atoms with E-state index in [2.05, 4.69) is 15.1 Å². The zero-order valence-corrected chi connectivity index (χ0v) is 11.3. The predicted molar refractivity (Wildman–Crippen MR) is 78.1 cm³/mol. The highest BCUT2D eigenvalue weighted by Crippen LogP contribution is 2.28. The van der Waals surface area contributed by atoms with Gasteiger partial charge in [-0.3, -0.25) is 9.78 Å². The number of aromatic nitrogens is 3. The molecule has 0 atom stereocenters. The molecule has 0 bridgehead atoms. The lowest BCUT2D eigenvalue weighted by molar-refractivity contribution is 0.111. The van der Waals surface area contributed by atoms with Crippen LogP contribution in [0.25, 0.3) is 33.7 Å². The van der Waals surface area contributed by atoms with E-state index in [4.69, 9.17) is 8.94 Å². The van der Waals surface area contributed by atoms with Crippen molar-refractivity contribution in [3.8, 4) is 22.6 Å². The van der Waals surface area contributed by atoms with Gasteiger partial charge in [-0.25, -0.2) is 4.98 Å². The van der Waals surface area contributed by atoms with Crippen LogP contribution >= 0.6 is 0 Å².